The highest BCUT2D eigenvalue weighted by Crippen LogP contribution is 2.13. The summed E-state index contributed by atoms with van der Waals surface area (Å²) in [5.74, 6) is 0.134. The van der Waals surface area contributed by atoms with E-state index in [1.807, 2.05) is 37.3 Å². The Morgan fingerprint density at radius 1 is 1.41 bits per heavy atom. The monoisotopic (exact) mass is 255 g/mol. The Morgan fingerprint density at radius 2 is 2.06 bits per heavy atom. The van der Waals surface area contributed by atoms with E-state index in [-0.39, 0.29) is 24.5 Å². The fraction of sp³-hybridized carbons (Fsp3) is 0.462. The lowest BCUT2D eigenvalue weighted by molar-refractivity contribution is -0.141. The van der Waals surface area contributed by atoms with Crippen molar-refractivity contribution in [1.82, 2.24) is 5.32 Å². The van der Waals surface area contributed by atoms with Gasteiger partial charge in [-0.05, 0) is 12.5 Å². The van der Waals surface area contributed by atoms with Crippen LogP contribution in [0.2, 0.25) is 0 Å². The normalized spacial score (nSPS) is 14.1. The van der Waals surface area contributed by atoms with Gasteiger partial charge in [0.15, 0.2) is 0 Å². The first-order valence-corrected chi connectivity index (χ1v) is 6.14. The lowest BCUT2D eigenvalue weighted by atomic mass is 10.1. The second-order valence-electron chi connectivity index (χ2n) is 3.93. The molecule has 1 N–H and O–H groups in total. The molecule has 1 aromatic rings. The maximum atomic E-state index is 11.2. The molecule has 0 bridgehead atoms. The van der Waals surface area contributed by atoms with Crippen molar-refractivity contribution in [2.45, 2.75) is 25.4 Å². The molecule has 94 valence electrons. The Bertz CT molecular complexity index is 343. The van der Waals surface area contributed by atoms with E-state index in [4.69, 9.17) is 11.6 Å². The Labute approximate surface area is 107 Å². The second-order valence-corrected chi connectivity index (χ2v) is 4.24. The Hall–Kier alpha value is -1.06. The van der Waals surface area contributed by atoms with Crippen LogP contribution in [0, 0.1) is 0 Å². The van der Waals surface area contributed by atoms with Gasteiger partial charge in [0.2, 0.25) is 0 Å². The minimum atomic E-state index is -0.247. The molecule has 2 unspecified atom stereocenters. The van der Waals surface area contributed by atoms with Gasteiger partial charge in [0.05, 0.1) is 13.5 Å². The molecule has 0 saturated heterocycles. The molecule has 0 radical (unpaired) electrons. The maximum absolute atomic E-state index is 11.2. The zero-order valence-corrected chi connectivity index (χ0v) is 10.9. The van der Waals surface area contributed by atoms with Crippen LogP contribution >= 0.6 is 11.6 Å². The molecule has 0 spiro atoms. The van der Waals surface area contributed by atoms with Gasteiger partial charge in [0, 0.05) is 18.0 Å². The van der Waals surface area contributed by atoms with Crippen molar-refractivity contribution in [3.8, 4) is 0 Å². The summed E-state index contributed by atoms with van der Waals surface area (Å²) in [4.78, 5) is 11.2. The lowest BCUT2D eigenvalue weighted by Crippen LogP contribution is -2.35. The minimum Gasteiger partial charge on any atom is -0.469 e. The van der Waals surface area contributed by atoms with E-state index in [9.17, 15) is 4.79 Å². The number of alkyl halides is 1. The predicted octanol–water partition coefficient (Wildman–Crippen LogP) is 2.51. The largest absolute Gasteiger partial charge is 0.469 e. The van der Waals surface area contributed by atoms with Gasteiger partial charge in [-0.15, -0.1) is 11.6 Å². The van der Waals surface area contributed by atoms with Crippen LogP contribution < -0.4 is 5.32 Å². The van der Waals surface area contributed by atoms with Crippen LogP contribution in [0.4, 0.5) is 0 Å². The highest BCUT2D eigenvalue weighted by Gasteiger charge is 2.16. The molecule has 2 atom stereocenters. The zero-order valence-electron chi connectivity index (χ0n) is 10.2. The van der Waals surface area contributed by atoms with E-state index in [0.29, 0.717) is 5.88 Å². The summed E-state index contributed by atoms with van der Waals surface area (Å²) in [7, 11) is 1.38. The molecule has 0 aliphatic rings. The van der Waals surface area contributed by atoms with Gasteiger partial charge in [-0.1, -0.05) is 30.3 Å². The minimum absolute atomic E-state index is 0.0701. The van der Waals surface area contributed by atoms with Gasteiger partial charge < -0.3 is 10.1 Å². The van der Waals surface area contributed by atoms with Gasteiger partial charge in [-0.3, -0.25) is 4.79 Å². The molecular formula is C13H18ClNO2. The van der Waals surface area contributed by atoms with Gasteiger partial charge in [0.25, 0.3) is 0 Å². The Morgan fingerprint density at radius 3 is 2.59 bits per heavy atom. The van der Waals surface area contributed by atoms with Crippen molar-refractivity contribution in [2.75, 3.05) is 13.0 Å². The first-order chi connectivity index (χ1) is 8.17. The molecule has 1 rings (SSSR count). The fourth-order valence-electron chi connectivity index (χ4n) is 1.63. The number of carbonyl (C=O) groups excluding carboxylic acids is 1. The van der Waals surface area contributed by atoms with E-state index >= 15 is 0 Å². The second kappa shape index (κ2) is 7.30. The fourth-order valence-corrected chi connectivity index (χ4v) is 1.83. The first kappa shape index (κ1) is 14.0. The van der Waals surface area contributed by atoms with E-state index in [1.165, 1.54) is 12.7 Å². The van der Waals surface area contributed by atoms with E-state index in [1.54, 1.807) is 0 Å². The molecule has 4 heteroatoms. The third-order valence-electron chi connectivity index (χ3n) is 2.61. The summed E-state index contributed by atoms with van der Waals surface area (Å²) in [6, 6.07) is 10.1. The smallest absolute Gasteiger partial charge is 0.307 e. The van der Waals surface area contributed by atoms with E-state index < -0.39 is 0 Å². The van der Waals surface area contributed by atoms with Gasteiger partial charge in [-0.25, -0.2) is 0 Å². The number of hydrogen-bond donors (Lipinski definition) is 1. The van der Waals surface area contributed by atoms with Crippen LogP contribution in [0.15, 0.2) is 30.3 Å². The molecule has 17 heavy (non-hydrogen) atoms. The summed E-state index contributed by atoms with van der Waals surface area (Å²) in [6.07, 6.45) is 0.289. The molecule has 0 fully saturated rings. The third kappa shape index (κ3) is 4.75. The number of carbonyl (C=O) groups is 1. The van der Waals surface area contributed by atoms with E-state index in [2.05, 4.69) is 10.1 Å². The third-order valence-corrected chi connectivity index (χ3v) is 2.98. The molecule has 0 heterocycles. The molecule has 0 amide bonds. The van der Waals surface area contributed by atoms with Crippen LogP contribution in [0.25, 0.3) is 0 Å². The summed E-state index contributed by atoms with van der Waals surface area (Å²) in [5, 5.41) is 3.32. The molecule has 0 aliphatic carbocycles. The molecular weight excluding hydrogens is 238 g/mol. The summed E-state index contributed by atoms with van der Waals surface area (Å²) < 4.78 is 4.63. The number of benzene rings is 1. The summed E-state index contributed by atoms with van der Waals surface area (Å²) in [5.41, 5.74) is 1.17. The van der Waals surface area contributed by atoms with Crippen molar-refractivity contribution >= 4 is 17.6 Å². The highest BCUT2D eigenvalue weighted by atomic mass is 35.5. The van der Waals surface area contributed by atoms with Crippen LogP contribution in [-0.2, 0) is 9.53 Å². The number of rotatable bonds is 6. The predicted molar refractivity (Wildman–Crippen MR) is 69.1 cm³/mol. The van der Waals surface area contributed by atoms with Crippen LogP contribution in [0.3, 0.4) is 0 Å². The number of nitrogens with one attached hydrogen (secondary N) is 1. The van der Waals surface area contributed by atoms with Gasteiger partial charge in [-0.2, -0.15) is 0 Å². The highest BCUT2D eigenvalue weighted by molar-refractivity contribution is 6.18. The van der Waals surface area contributed by atoms with Gasteiger partial charge >= 0.3 is 5.97 Å². The van der Waals surface area contributed by atoms with Crippen molar-refractivity contribution < 1.29 is 9.53 Å². The molecule has 0 aliphatic heterocycles. The van der Waals surface area contributed by atoms with Crippen LogP contribution in [-0.4, -0.2) is 25.0 Å². The number of hydrogen-bond acceptors (Lipinski definition) is 3. The Balaban J connectivity index is 2.53. The number of halogens is 1. The number of ether oxygens (including phenoxy) is 1. The maximum Gasteiger partial charge on any atom is 0.307 e. The molecule has 1 aromatic carbocycles. The molecule has 0 saturated carbocycles. The summed E-state index contributed by atoms with van der Waals surface area (Å²) in [6.45, 7) is 2.05. The standard InChI is InChI=1S/C13H18ClNO2/c1-10(11-6-4-3-5-7-11)15-12(9-14)8-13(16)17-2/h3-7,10,12,15H,8-9H2,1-2H3. The number of esters is 1. The average Bonchev–Trinajstić information content (AvgIpc) is 2.38. The van der Waals surface area contributed by atoms with Crippen LogP contribution in [0.1, 0.15) is 24.9 Å². The topological polar surface area (TPSA) is 38.3 Å². The van der Waals surface area contributed by atoms with E-state index in [0.717, 1.165) is 0 Å². The first-order valence-electron chi connectivity index (χ1n) is 5.61. The Kier molecular flexibility index (Phi) is 6.01. The zero-order chi connectivity index (χ0) is 12.7. The lowest BCUT2D eigenvalue weighted by Gasteiger charge is -2.21. The summed E-state index contributed by atoms with van der Waals surface area (Å²) >= 11 is 5.83. The SMILES string of the molecule is COC(=O)CC(CCl)NC(C)c1ccccc1. The number of methoxy groups -OCH3 is 1. The van der Waals surface area contributed by atoms with Crippen molar-refractivity contribution in [2.24, 2.45) is 0 Å². The molecule has 0 aromatic heterocycles. The van der Waals surface area contributed by atoms with Gasteiger partial charge in [0.1, 0.15) is 0 Å². The van der Waals surface area contributed by atoms with Crippen molar-refractivity contribution in [3.63, 3.8) is 0 Å². The van der Waals surface area contributed by atoms with Crippen molar-refractivity contribution in [1.29, 1.82) is 0 Å². The molecule has 3 nitrogen and oxygen atoms in total. The van der Waals surface area contributed by atoms with Crippen molar-refractivity contribution in [3.05, 3.63) is 35.9 Å². The van der Waals surface area contributed by atoms with Crippen LogP contribution in [0.5, 0.6) is 0 Å². The quantitative estimate of drug-likeness (QED) is 0.627. The average molecular weight is 256 g/mol.